The number of fused-ring (bicyclic) bond motifs is 1. The predicted molar refractivity (Wildman–Crippen MR) is 98.5 cm³/mol. The van der Waals surface area contributed by atoms with Crippen LogP contribution in [0.3, 0.4) is 0 Å². The molecular formula is C19H20N2O2S. The van der Waals surface area contributed by atoms with Crippen LogP contribution in [-0.2, 0) is 4.79 Å². The first kappa shape index (κ1) is 16.6. The molecule has 0 bridgehead atoms. The molecule has 1 heterocycles. The highest BCUT2D eigenvalue weighted by molar-refractivity contribution is 8.00. The van der Waals surface area contributed by atoms with Gasteiger partial charge in [0.15, 0.2) is 5.58 Å². The summed E-state index contributed by atoms with van der Waals surface area (Å²) >= 11 is 1.36. The lowest BCUT2D eigenvalue weighted by Gasteiger charge is -2.13. The summed E-state index contributed by atoms with van der Waals surface area (Å²) in [4.78, 5) is 17.0. The van der Waals surface area contributed by atoms with Gasteiger partial charge >= 0.3 is 0 Å². The maximum Gasteiger partial charge on any atom is 0.257 e. The van der Waals surface area contributed by atoms with Crippen LogP contribution in [0.15, 0.2) is 52.1 Å². The summed E-state index contributed by atoms with van der Waals surface area (Å²) in [6.45, 7) is 6.08. The summed E-state index contributed by atoms with van der Waals surface area (Å²) in [7, 11) is 0. The van der Waals surface area contributed by atoms with Crippen LogP contribution in [0.2, 0.25) is 0 Å². The molecule has 0 aliphatic carbocycles. The lowest BCUT2D eigenvalue weighted by atomic mass is 10.1. The van der Waals surface area contributed by atoms with Gasteiger partial charge in [0.2, 0.25) is 5.91 Å². The Morgan fingerprint density at radius 1 is 1.21 bits per heavy atom. The fourth-order valence-corrected chi connectivity index (χ4v) is 3.25. The number of aryl methyl sites for hydroxylation is 2. The van der Waals surface area contributed by atoms with Crippen molar-refractivity contribution in [1.82, 2.24) is 4.98 Å². The molecule has 3 aromatic rings. The van der Waals surface area contributed by atoms with Crippen molar-refractivity contribution in [2.75, 3.05) is 5.32 Å². The fraction of sp³-hybridized carbons (Fsp3) is 0.263. The standard InChI is InChI=1S/C19H20N2O2S/c1-4-17(18(22)20-14-10-9-12(2)13(3)11-14)24-19-21-15-7-5-6-8-16(15)23-19/h5-11,17H,4H2,1-3H3,(H,20,22). The molecule has 0 aliphatic rings. The van der Waals surface area contributed by atoms with E-state index in [1.807, 2.05) is 56.3 Å². The molecule has 5 heteroatoms. The molecule has 1 amide bonds. The number of para-hydroxylation sites is 2. The zero-order valence-electron chi connectivity index (χ0n) is 14.0. The second-order valence-electron chi connectivity index (χ2n) is 5.75. The summed E-state index contributed by atoms with van der Waals surface area (Å²) in [6.07, 6.45) is 0.695. The zero-order chi connectivity index (χ0) is 17.1. The van der Waals surface area contributed by atoms with Gasteiger partial charge in [0.25, 0.3) is 5.22 Å². The first-order valence-electron chi connectivity index (χ1n) is 7.97. The lowest BCUT2D eigenvalue weighted by molar-refractivity contribution is -0.115. The van der Waals surface area contributed by atoms with Crippen LogP contribution in [0.5, 0.6) is 0 Å². The molecule has 0 radical (unpaired) electrons. The second-order valence-corrected chi connectivity index (χ2v) is 6.90. The van der Waals surface area contributed by atoms with E-state index in [9.17, 15) is 4.79 Å². The molecule has 0 saturated carbocycles. The minimum Gasteiger partial charge on any atom is -0.431 e. The van der Waals surface area contributed by atoms with E-state index in [0.29, 0.717) is 11.6 Å². The Balaban J connectivity index is 1.72. The van der Waals surface area contributed by atoms with E-state index in [1.54, 1.807) is 0 Å². The fourth-order valence-electron chi connectivity index (χ4n) is 2.39. The molecule has 2 aromatic carbocycles. The highest BCUT2D eigenvalue weighted by Crippen LogP contribution is 2.29. The van der Waals surface area contributed by atoms with Crippen LogP contribution in [0.4, 0.5) is 5.69 Å². The molecule has 3 rings (SSSR count). The molecule has 4 nitrogen and oxygen atoms in total. The summed E-state index contributed by atoms with van der Waals surface area (Å²) in [6, 6.07) is 13.5. The topological polar surface area (TPSA) is 55.1 Å². The number of benzene rings is 2. The number of aromatic nitrogens is 1. The van der Waals surface area contributed by atoms with E-state index in [-0.39, 0.29) is 11.2 Å². The number of carbonyl (C=O) groups excluding carboxylic acids is 1. The largest absolute Gasteiger partial charge is 0.431 e. The predicted octanol–water partition coefficient (Wildman–Crippen LogP) is 4.95. The number of thioether (sulfide) groups is 1. The smallest absolute Gasteiger partial charge is 0.257 e. The average Bonchev–Trinajstić information content (AvgIpc) is 2.98. The monoisotopic (exact) mass is 340 g/mol. The summed E-state index contributed by atoms with van der Waals surface area (Å²) in [5, 5.41) is 3.26. The Kier molecular flexibility index (Phi) is 4.90. The van der Waals surface area contributed by atoms with Crippen molar-refractivity contribution >= 4 is 34.5 Å². The van der Waals surface area contributed by atoms with E-state index in [1.165, 1.54) is 17.3 Å². The number of hydrogen-bond donors (Lipinski definition) is 1. The Bertz CT molecular complexity index is 840. The number of amides is 1. The van der Waals surface area contributed by atoms with Crippen LogP contribution in [-0.4, -0.2) is 16.1 Å². The van der Waals surface area contributed by atoms with Gasteiger partial charge < -0.3 is 9.73 Å². The van der Waals surface area contributed by atoms with E-state index in [4.69, 9.17) is 4.42 Å². The van der Waals surface area contributed by atoms with Crippen molar-refractivity contribution in [2.45, 2.75) is 37.7 Å². The molecule has 0 fully saturated rings. The van der Waals surface area contributed by atoms with E-state index in [0.717, 1.165) is 22.4 Å². The van der Waals surface area contributed by atoms with Crippen LogP contribution in [0.25, 0.3) is 11.1 Å². The summed E-state index contributed by atoms with van der Waals surface area (Å²) in [5.74, 6) is -0.0343. The number of hydrogen-bond acceptors (Lipinski definition) is 4. The molecule has 124 valence electrons. The van der Waals surface area contributed by atoms with Crippen molar-refractivity contribution in [3.8, 4) is 0 Å². The molecule has 1 aromatic heterocycles. The Labute approximate surface area is 145 Å². The Hall–Kier alpha value is -2.27. The Morgan fingerprint density at radius 3 is 2.71 bits per heavy atom. The van der Waals surface area contributed by atoms with Gasteiger partial charge in [-0.05, 0) is 55.7 Å². The minimum atomic E-state index is -0.250. The molecule has 1 N–H and O–H groups in total. The molecule has 24 heavy (non-hydrogen) atoms. The molecule has 0 saturated heterocycles. The third-order valence-electron chi connectivity index (χ3n) is 3.96. The van der Waals surface area contributed by atoms with Gasteiger partial charge in [0.05, 0.1) is 5.25 Å². The van der Waals surface area contributed by atoms with Gasteiger partial charge in [-0.15, -0.1) is 0 Å². The number of nitrogens with zero attached hydrogens (tertiary/aromatic N) is 1. The molecular weight excluding hydrogens is 320 g/mol. The van der Waals surface area contributed by atoms with E-state index < -0.39 is 0 Å². The first-order valence-corrected chi connectivity index (χ1v) is 8.85. The number of anilines is 1. The van der Waals surface area contributed by atoms with Crippen molar-refractivity contribution in [3.05, 3.63) is 53.6 Å². The van der Waals surface area contributed by atoms with Crippen LogP contribution >= 0.6 is 11.8 Å². The van der Waals surface area contributed by atoms with Gasteiger partial charge in [-0.2, -0.15) is 0 Å². The third kappa shape index (κ3) is 3.62. The van der Waals surface area contributed by atoms with Crippen molar-refractivity contribution in [1.29, 1.82) is 0 Å². The number of nitrogens with one attached hydrogen (secondary N) is 1. The third-order valence-corrected chi connectivity index (χ3v) is 5.16. The second kappa shape index (κ2) is 7.09. The lowest BCUT2D eigenvalue weighted by Crippen LogP contribution is -2.24. The van der Waals surface area contributed by atoms with Crippen molar-refractivity contribution < 1.29 is 9.21 Å². The first-order chi connectivity index (χ1) is 11.6. The van der Waals surface area contributed by atoms with E-state index >= 15 is 0 Å². The maximum atomic E-state index is 12.6. The maximum absolute atomic E-state index is 12.6. The van der Waals surface area contributed by atoms with Gasteiger partial charge in [0.1, 0.15) is 5.52 Å². The van der Waals surface area contributed by atoms with Gasteiger partial charge in [-0.3, -0.25) is 4.79 Å². The average molecular weight is 340 g/mol. The van der Waals surface area contributed by atoms with Crippen LogP contribution < -0.4 is 5.32 Å². The SMILES string of the molecule is CCC(Sc1nc2ccccc2o1)C(=O)Nc1ccc(C)c(C)c1. The minimum absolute atomic E-state index is 0.0343. The number of carbonyl (C=O) groups is 1. The molecule has 1 atom stereocenters. The number of oxazole rings is 1. The highest BCUT2D eigenvalue weighted by Gasteiger charge is 2.21. The van der Waals surface area contributed by atoms with Gasteiger partial charge in [-0.1, -0.05) is 36.9 Å². The summed E-state index contributed by atoms with van der Waals surface area (Å²) < 4.78 is 5.71. The van der Waals surface area contributed by atoms with Crippen molar-refractivity contribution in [3.63, 3.8) is 0 Å². The van der Waals surface area contributed by atoms with Crippen molar-refractivity contribution in [2.24, 2.45) is 0 Å². The zero-order valence-corrected chi connectivity index (χ0v) is 14.8. The normalized spacial score (nSPS) is 12.3. The highest BCUT2D eigenvalue weighted by atomic mass is 32.2. The summed E-state index contributed by atoms with van der Waals surface area (Å²) in [5.41, 5.74) is 4.74. The van der Waals surface area contributed by atoms with Gasteiger partial charge in [-0.25, -0.2) is 4.98 Å². The van der Waals surface area contributed by atoms with Crippen LogP contribution in [0.1, 0.15) is 24.5 Å². The number of rotatable bonds is 5. The van der Waals surface area contributed by atoms with E-state index in [2.05, 4.69) is 17.2 Å². The molecule has 0 aliphatic heterocycles. The van der Waals surface area contributed by atoms with Gasteiger partial charge in [0, 0.05) is 5.69 Å². The Morgan fingerprint density at radius 2 is 2.00 bits per heavy atom. The molecule has 0 spiro atoms. The molecule has 1 unspecified atom stereocenters. The van der Waals surface area contributed by atoms with Crippen LogP contribution in [0, 0.1) is 13.8 Å². The quantitative estimate of drug-likeness (QED) is 0.667.